The lowest BCUT2D eigenvalue weighted by molar-refractivity contribution is 0.0687. The van der Waals surface area contributed by atoms with Gasteiger partial charge < -0.3 is 5.11 Å². The van der Waals surface area contributed by atoms with Crippen LogP contribution in [0.25, 0.3) is 5.69 Å². The van der Waals surface area contributed by atoms with Crippen LogP contribution >= 0.6 is 15.9 Å². The van der Waals surface area contributed by atoms with E-state index in [1.807, 2.05) is 0 Å². The van der Waals surface area contributed by atoms with Crippen molar-refractivity contribution in [1.29, 1.82) is 5.26 Å². The molecule has 0 aliphatic heterocycles. The first-order valence-electron chi connectivity index (χ1n) is 5.49. The standard InChI is InChI=1S/C13H8BrN3O3/c1-7-10(6-15)12(18)17(16-11(7)13(19)20)9-4-2-8(14)3-5-9/h2-5H,1H3,(H,19,20). The third-order valence-electron chi connectivity index (χ3n) is 2.72. The van der Waals surface area contributed by atoms with Crippen LogP contribution in [-0.2, 0) is 0 Å². The summed E-state index contributed by atoms with van der Waals surface area (Å²) in [6.45, 7) is 1.39. The predicted molar refractivity (Wildman–Crippen MR) is 73.9 cm³/mol. The van der Waals surface area contributed by atoms with Gasteiger partial charge in [0.1, 0.15) is 11.6 Å². The second-order valence-corrected chi connectivity index (χ2v) is 4.87. The molecular weight excluding hydrogens is 326 g/mol. The summed E-state index contributed by atoms with van der Waals surface area (Å²) in [6, 6.07) is 8.31. The molecular formula is C13H8BrN3O3. The second kappa shape index (κ2) is 5.27. The van der Waals surface area contributed by atoms with Crippen molar-refractivity contribution in [3.63, 3.8) is 0 Å². The lowest BCUT2D eigenvalue weighted by atomic mass is 10.1. The molecule has 1 aromatic carbocycles. The summed E-state index contributed by atoms with van der Waals surface area (Å²) >= 11 is 3.26. The molecule has 0 spiro atoms. The largest absolute Gasteiger partial charge is 0.476 e. The average Bonchev–Trinajstić information content (AvgIpc) is 2.40. The highest BCUT2D eigenvalue weighted by molar-refractivity contribution is 9.10. The van der Waals surface area contributed by atoms with Gasteiger partial charge in [-0.3, -0.25) is 4.79 Å². The van der Waals surface area contributed by atoms with E-state index in [1.165, 1.54) is 6.92 Å². The van der Waals surface area contributed by atoms with Crippen LogP contribution in [0.15, 0.2) is 33.5 Å². The molecule has 0 unspecified atom stereocenters. The first-order chi connectivity index (χ1) is 9.45. The van der Waals surface area contributed by atoms with Gasteiger partial charge in [0.2, 0.25) is 0 Å². The third-order valence-corrected chi connectivity index (χ3v) is 3.25. The number of carboxylic acids is 1. The Kier molecular flexibility index (Phi) is 3.68. The highest BCUT2D eigenvalue weighted by atomic mass is 79.9. The van der Waals surface area contributed by atoms with Crippen molar-refractivity contribution < 1.29 is 9.90 Å². The zero-order valence-corrected chi connectivity index (χ0v) is 11.9. The summed E-state index contributed by atoms with van der Waals surface area (Å²) in [6.07, 6.45) is 0. The van der Waals surface area contributed by atoms with Gasteiger partial charge in [0.15, 0.2) is 5.69 Å². The fourth-order valence-corrected chi connectivity index (χ4v) is 1.96. The fourth-order valence-electron chi connectivity index (χ4n) is 1.70. The predicted octanol–water partition coefficient (Wildman–Crippen LogP) is 1.87. The van der Waals surface area contributed by atoms with Crippen LogP contribution < -0.4 is 5.56 Å². The zero-order valence-electron chi connectivity index (χ0n) is 10.3. The van der Waals surface area contributed by atoms with E-state index in [4.69, 9.17) is 10.4 Å². The van der Waals surface area contributed by atoms with Gasteiger partial charge in [-0.1, -0.05) is 15.9 Å². The average molecular weight is 334 g/mol. The molecule has 0 bridgehead atoms. The minimum absolute atomic E-state index is 0.0679. The Bertz CT molecular complexity index is 788. The van der Waals surface area contributed by atoms with Crippen LogP contribution in [-0.4, -0.2) is 20.9 Å². The molecule has 0 radical (unpaired) electrons. The zero-order chi connectivity index (χ0) is 14.9. The molecule has 100 valence electrons. The molecule has 0 saturated heterocycles. The summed E-state index contributed by atoms with van der Waals surface area (Å²) in [5.74, 6) is -1.29. The Morgan fingerprint density at radius 1 is 1.40 bits per heavy atom. The Hall–Kier alpha value is -2.46. The number of aromatic nitrogens is 2. The number of hydrogen-bond acceptors (Lipinski definition) is 4. The first-order valence-corrected chi connectivity index (χ1v) is 6.28. The summed E-state index contributed by atoms with van der Waals surface area (Å²) in [7, 11) is 0. The molecule has 2 aromatic rings. The summed E-state index contributed by atoms with van der Waals surface area (Å²) < 4.78 is 1.72. The van der Waals surface area contributed by atoms with Crippen molar-refractivity contribution in [3.05, 3.63) is 55.9 Å². The number of nitriles is 1. The Morgan fingerprint density at radius 2 is 2.00 bits per heavy atom. The highest BCUT2D eigenvalue weighted by Gasteiger charge is 2.19. The quantitative estimate of drug-likeness (QED) is 0.904. The Labute approximate surface area is 122 Å². The van der Waals surface area contributed by atoms with Crippen LogP contribution in [0, 0.1) is 18.3 Å². The van der Waals surface area contributed by atoms with Crippen LogP contribution in [0.4, 0.5) is 0 Å². The van der Waals surface area contributed by atoms with E-state index in [1.54, 1.807) is 30.3 Å². The summed E-state index contributed by atoms with van der Waals surface area (Å²) in [5.41, 5.74) is -0.725. The maximum Gasteiger partial charge on any atom is 0.356 e. The van der Waals surface area contributed by atoms with Crippen molar-refractivity contribution in [2.45, 2.75) is 6.92 Å². The van der Waals surface area contributed by atoms with Crippen molar-refractivity contribution in [3.8, 4) is 11.8 Å². The molecule has 6 nitrogen and oxygen atoms in total. The molecule has 1 N–H and O–H groups in total. The number of benzene rings is 1. The van der Waals surface area contributed by atoms with Crippen molar-refractivity contribution in [2.24, 2.45) is 0 Å². The number of aromatic carboxylic acids is 1. The molecule has 1 aromatic heterocycles. The monoisotopic (exact) mass is 333 g/mol. The summed E-state index contributed by atoms with van der Waals surface area (Å²) in [4.78, 5) is 23.3. The lowest BCUT2D eigenvalue weighted by Crippen LogP contribution is -2.28. The molecule has 20 heavy (non-hydrogen) atoms. The number of carbonyl (C=O) groups is 1. The lowest BCUT2D eigenvalue weighted by Gasteiger charge is -2.09. The van der Waals surface area contributed by atoms with E-state index < -0.39 is 11.5 Å². The van der Waals surface area contributed by atoms with E-state index in [0.717, 1.165) is 9.15 Å². The van der Waals surface area contributed by atoms with Crippen LogP contribution in [0.2, 0.25) is 0 Å². The van der Waals surface area contributed by atoms with Gasteiger partial charge in [0, 0.05) is 10.0 Å². The van der Waals surface area contributed by atoms with Crippen LogP contribution in [0.1, 0.15) is 21.6 Å². The Morgan fingerprint density at radius 3 is 2.50 bits per heavy atom. The SMILES string of the molecule is Cc1c(C(=O)O)nn(-c2ccc(Br)cc2)c(=O)c1C#N. The first kappa shape index (κ1) is 14.0. The van der Waals surface area contributed by atoms with Gasteiger partial charge in [-0.25, -0.2) is 4.79 Å². The van der Waals surface area contributed by atoms with E-state index in [2.05, 4.69) is 21.0 Å². The minimum atomic E-state index is -1.29. The van der Waals surface area contributed by atoms with E-state index in [0.29, 0.717) is 5.69 Å². The normalized spacial score (nSPS) is 10.1. The molecule has 0 fully saturated rings. The highest BCUT2D eigenvalue weighted by Crippen LogP contribution is 2.14. The van der Waals surface area contributed by atoms with Crippen LogP contribution in [0.3, 0.4) is 0 Å². The van der Waals surface area contributed by atoms with Gasteiger partial charge in [-0.2, -0.15) is 15.0 Å². The number of rotatable bonds is 2. The number of nitrogens with zero attached hydrogens (tertiary/aromatic N) is 3. The molecule has 7 heteroatoms. The maximum atomic E-state index is 12.2. The molecule has 2 rings (SSSR count). The molecule has 0 saturated carbocycles. The third kappa shape index (κ3) is 2.33. The van der Waals surface area contributed by atoms with Gasteiger partial charge in [0.25, 0.3) is 5.56 Å². The molecule has 0 amide bonds. The van der Waals surface area contributed by atoms with Gasteiger partial charge in [-0.05, 0) is 31.2 Å². The van der Waals surface area contributed by atoms with Gasteiger partial charge >= 0.3 is 5.97 Å². The minimum Gasteiger partial charge on any atom is -0.476 e. The van der Waals surface area contributed by atoms with Gasteiger partial charge in [0.05, 0.1) is 5.69 Å². The molecule has 0 atom stereocenters. The Balaban J connectivity index is 2.81. The van der Waals surface area contributed by atoms with Crippen LogP contribution in [0.5, 0.6) is 0 Å². The maximum absolute atomic E-state index is 12.2. The molecule has 1 heterocycles. The number of carboxylic acid groups (broad SMARTS) is 1. The van der Waals surface area contributed by atoms with E-state index >= 15 is 0 Å². The summed E-state index contributed by atoms with van der Waals surface area (Å²) in [5, 5.41) is 21.9. The smallest absolute Gasteiger partial charge is 0.356 e. The van der Waals surface area contributed by atoms with E-state index in [-0.39, 0.29) is 16.8 Å². The molecule has 0 aliphatic rings. The fraction of sp³-hybridized carbons (Fsp3) is 0.0769. The van der Waals surface area contributed by atoms with Crippen molar-refractivity contribution >= 4 is 21.9 Å². The second-order valence-electron chi connectivity index (χ2n) is 3.96. The topological polar surface area (TPSA) is 96.0 Å². The molecule has 0 aliphatic carbocycles. The van der Waals surface area contributed by atoms with E-state index in [9.17, 15) is 9.59 Å². The van der Waals surface area contributed by atoms with Crippen molar-refractivity contribution in [1.82, 2.24) is 9.78 Å². The van der Waals surface area contributed by atoms with Crippen molar-refractivity contribution in [2.75, 3.05) is 0 Å². The number of hydrogen-bond donors (Lipinski definition) is 1. The van der Waals surface area contributed by atoms with Gasteiger partial charge in [-0.15, -0.1) is 0 Å². The number of halogens is 1.